The van der Waals surface area contributed by atoms with Gasteiger partial charge in [-0.05, 0) is 5.56 Å². The van der Waals surface area contributed by atoms with Crippen molar-refractivity contribution in [3.63, 3.8) is 0 Å². The van der Waals surface area contributed by atoms with E-state index in [2.05, 4.69) is 0 Å². The number of aliphatic hydroxyl groups is 2. The average Bonchev–Trinajstić information content (AvgIpc) is 3.37. The second-order valence-electron chi connectivity index (χ2n) is 4.92. The molecule has 0 spiro atoms. The number of rotatable bonds is 7. The van der Waals surface area contributed by atoms with Crippen molar-refractivity contribution in [3.05, 3.63) is 35.9 Å². The summed E-state index contributed by atoms with van der Waals surface area (Å²) >= 11 is 0. The highest BCUT2D eigenvalue weighted by molar-refractivity contribution is 5.19. The van der Waals surface area contributed by atoms with Gasteiger partial charge in [0.25, 0.3) is 0 Å². The Balaban J connectivity index is 0.000000149. The van der Waals surface area contributed by atoms with Crippen LogP contribution in [0.25, 0.3) is 0 Å². The lowest BCUT2D eigenvalue weighted by atomic mass is 10.0. The van der Waals surface area contributed by atoms with Gasteiger partial charge in [-0.2, -0.15) is 0 Å². The summed E-state index contributed by atoms with van der Waals surface area (Å²) in [5.41, 5.74) is 0.984. The van der Waals surface area contributed by atoms with Gasteiger partial charge in [0.2, 0.25) is 0 Å². The maximum absolute atomic E-state index is 8.82. The minimum absolute atomic E-state index is 0.000509. The van der Waals surface area contributed by atoms with Crippen molar-refractivity contribution in [1.82, 2.24) is 0 Å². The monoisotopic (exact) mass is 282 g/mol. The summed E-state index contributed by atoms with van der Waals surface area (Å²) in [4.78, 5) is 0. The fraction of sp³-hybridized carbons (Fsp3) is 0.600. The van der Waals surface area contributed by atoms with E-state index < -0.39 is 0 Å². The summed E-state index contributed by atoms with van der Waals surface area (Å²) in [7, 11) is 0. The molecule has 2 N–H and O–H groups in total. The van der Waals surface area contributed by atoms with Crippen LogP contribution in [-0.4, -0.2) is 62.1 Å². The molecule has 2 unspecified atom stereocenters. The molecule has 0 amide bonds. The van der Waals surface area contributed by atoms with Crippen LogP contribution in [0.2, 0.25) is 0 Å². The van der Waals surface area contributed by atoms with Crippen molar-refractivity contribution in [1.29, 1.82) is 0 Å². The Morgan fingerprint density at radius 3 is 1.90 bits per heavy atom. The molecule has 2 aliphatic heterocycles. The highest BCUT2D eigenvalue weighted by atomic mass is 16.6. The van der Waals surface area contributed by atoms with Gasteiger partial charge < -0.3 is 24.4 Å². The van der Waals surface area contributed by atoms with E-state index in [1.54, 1.807) is 0 Å². The molecule has 2 aliphatic rings. The van der Waals surface area contributed by atoms with Crippen LogP contribution in [0.4, 0.5) is 0 Å². The summed E-state index contributed by atoms with van der Waals surface area (Å²) in [6.45, 7) is 3.26. The van der Waals surface area contributed by atoms with Crippen LogP contribution >= 0.6 is 0 Å². The minimum Gasteiger partial charge on any atom is -0.396 e. The molecule has 2 fully saturated rings. The highest BCUT2D eigenvalue weighted by Crippen LogP contribution is 2.13. The van der Waals surface area contributed by atoms with Crippen molar-refractivity contribution in [2.45, 2.75) is 18.1 Å². The molecule has 5 nitrogen and oxygen atoms in total. The van der Waals surface area contributed by atoms with Gasteiger partial charge in [-0.15, -0.1) is 0 Å². The van der Waals surface area contributed by atoms with Crippen molar-refractivity contribution < 1.29 is 24.4 Å². The maximum Gasteiger partial charge on any atom is 0.104 e. The third-order valence-electron chi connectivity index (χ3n) is 3.12. The zero-order valence-electron chi connectivity index (χ0n) is 11.5. The highest BCUT2D eigenvalue weighted by Gasteiger charge is 2.26. The Hall–Kier alpha value is -0.980. The Kier molecular flexibility index (Phi) is 6.42. The van der Waals surface area contributed by atoms with Crippen LogP contribution < -0.4 is 0 Å². The lowest BCUT2D eigenvalue weighted by Crippen LogP contribution is -2.08. The fourth-order valence-corrected chi connectivity index (χ4v) is 1.65. The lowest BCUT2D eigenvalue weighted by Gasteiger charge is -2.09. The number of hydrogen-bond donors (Lipinski definition) is 2. The molecule has 112 valence electrons. The van der Waals surface area contributed by atoms with E-state index in [0.717, 1.165) is 32.0 Å². The number of hydrogen-bond acceptors (Lipinski definition) is 5. The molecule has 2 heterocycles. The molecule has 1 aromatic rings. The molecule has 20 heavy (non-hydrogen) atoms. The van der Waals surface area contributed by atoms with Gasteiger partial charge in [-0.3, -0.25) is 0 Å². The number of aliphatic hydroxyl groups excluding tert-OH is 2. The molecular weight excluding hydrogens is 260 g/mol. The zero-order chi connectivity index (χ0) is 14.2. The third-order valence-corrected chi connectivity index (χ3v) is 3.12. The maximum atomic E-state index is 8.82. The van der Waals surface area contributed by atoms with Crippen LogP contribution in [0.1, 0.15) is 11.5 Å². The third kappa shape index (κ3) is 5.98. The summed E-state index contributed by atoms with van der Waals surface area (Å²) < 4.78 is 15.1. The van der Waals surface area contributed by atoms with Gasteiger partial charge in [-0.1, -0.05) is 30.3 Å². The number of epoxide rings is 2. The van der Waals surface area contributed by atoms with Gasteiger partial charge in [0, 0.05) is 5.92 Å². The Labute approximate surface area is 119 Å². The quantitative estimate of drug-likeness (QED) is 0.715. The Morgan fingerprint density at radius 2 is 1.50 bits per heavy atom. The molecule has 2 saturated heterocycles. The summed E-state index contributed by atoms with van der Waals surface area (Å²) in [6, 6.07) is 9.50. The molecule has 0 bridgehead atoms. The molecule has 0 aliphatic carbocycles. The summed E-state index contributed by atoms with van der Waals surface area (Å²) in [5.74, 6) is -0.129. The first-order valence-corrected chi connectivity index (χ1v) is 6.91. The first-order valence-electron chi connectivity index (χ1n) is 6.91. The van der Waals surface area contributed by atoms with Crippen LogP contribution in [-0.2, 0) is 14.2 Å². The van der Waals surface area contributed by atoms with Crippen LogP contribution in [0, 0.1) is 0 Å². The topological polar surface area (TPSA) is 74.8 Å². The first kappa shape index (κ1) is 15.4. The number of benzene rings is 1. The Bertz CT molecular complexity index is 346. The number of ether oxygens (including phenoxy) is 3. The van der Waals surface area contributed by atoms with Crippen LogP contribution in [0.15, 0.2) is 30.3 Å². The van der Waals surface area contributed by atoms with E-state index in [0.29, 0.717) is 12.2 Å². The van der Waals surface area contributed by atoms with Crippen LogP contribution in [0.3, 0.4) is 0 Å². The van der Waals surface area contributed by atoms with Crippen molar-refractivity contribution >= 4 is 0 Å². The van der Waals surface area contributed by atoms with E-state index in [-0.39, 0.29) is 19.1 Å². The molecule has 5 heteroatoms. The summed E-state index contributed by atoms with van der Waals surface area (Å²) in [6.07, 6.45) is 0.785. The second kappa shape index (κ2) is 8.34. The average molecular weight is 282 g/mol. The van der Waals surface area contributed by atoms with Crippen molar-refractivity contribution in [2.24, 2.45) is 0 Å². The summed E-state index contributed by atoms with van der Waals surface area (Å²) in [5, 5.41) is 17.6. The normalized spacial score (nSPS) is 23.1. The SMILES string of the molecule is C(OCC1CO1)C1CO1.OCC(CO)c1ccccc1. The molecule has 2 atom stereocenters. The van der Waals surface area contributed by atoms with Gasteiger partial charge in [0.15, 0.2) is 0 Å². The van der Waals surface area contributed by atoms with Crippen molar-refractivity contribution in [2.75, 3.05) is 39.6 Å². The second-order valence-corrected chi connectivity index (χ2v) is 4.92. The molecular formula is C15H22O5. The standard InChI is InChI=1S/C9H12O2.C6H10O3/c10-6-9(7-11)8-4-2-1-3-5-8;1(5-3-8-5)7-2-6-4-9-6/h1-5,9-11H,6-7H2;5-6H,1-4H2. The predicted molar refractivity (Wildman–Crippen MR) is 73.7 cm³/mol. The van der Waals surface area contributed by atoms with E-state index in [9.17, 15) is 0 Å². The van der Waals surface area contributed by atoms with Crippen LogP contribution in [0.5, 0.6) is 0 Å². The van der Waals surface area contributed by atoms with Crippen molar-refractivity contribution in [3.8, 4) is 0 Å². The van der Waals surface area contributed by atoms with Gasteiger partial charge in [0.05, 0.1) is 39.6 Å². The fourth-order valence-electron chi connectivity index (χ4n) is 1.65. The lowest BCUT2D eigenvalue weighted by molar-refractivity contribution is 0.102. The van der Waals surface area contributed by atoms with Gasteiger partial charge >= 0.3 is 0 Å². The zero-order valence-corrected chi connectivity index (χ0v) is 11.5. The van der Waals surface area contributed by atoms with Gasteiger partial charge in [0.1, 0.15) is 12.2 Å². The molecule has 3 rings (SSSR count). The Morgan fingerprint density at radius 1 is 1.00 bits per heavy atom. The first-order chi connectivity index (χ1) is 9.83. The predicted octanol–water partition coefficient (Wildman–Crippen LogP) is 0.555. The van der Waals surface area contributed by atoms with E-state index in [1.807, 2.05) is 30.3 Å². The van der Waals surface area contributed by atoms with E-state index in [1.165, 1.54) is 0 Å². The minimum atomic E-state index is -0.129. The molecule has 0 aromatic heterocycles. The molecule has 0 radical (unpaired) electrons. The molecule has 0 saturated carbocycles. The van der Waals surface area contributed by atoms with E-state index in [4.69, 9.17) is 24.4 Å². The molecule has 1 aromatic carbocycles. The smallest absolute Gasteiger partial charge is 0.104 e. The van der Waals surface area contributed by atoms with E-state index >= 15 is 0 Å². The largest absolute Gasteiger partial charge is 0.396 e. The van der Waals surface area contributed by atoms with Gasteiger partial charge in [-0.25, -0.2) is 0 Å².